The van der Waals surface area contributed by atoms with Crippen LogP contribution >= 0.6 is 0 Å². The number of carbonyl (C=O) groups is 1. The fourth-order valence-corrected chi connectivity index (χ4v) is 1.46. The second-order valence-electron chi connectivity index (χ2n) is 3.31. The Bertz CT molecular complexity index is 387. The van der Waals surface area contributed by atoms with Crippen LogP contribution in [0.1, 0.15) is 28.4 Å². The Kier molecular flexibility index (Phi) is 2.75. The highest BCUT2D eigenvalue weighted by Crippen LogP contribution is 2.33. The first kappa shape index (κ1) is 11.6. The van der Waals surface area contributed by atoms with Gasteiger partial charge in [-0.1, -0.05) is 0 Å². The van der Waals surface area contributed by atoms with E-state index in [1.807, 2.05) is 0 Å². The Labute approximate surface area is 84.9 Å². The summed E-state index contributed by atoms with van der Waals surface area (Å²) in [6.45, 7) is 2.70. The van der Waals surface area contributed by atoms with Gasteiger partial charge in [0.1, 0.15) is 0 Å². The van der Waals surface area contributed by atoms with Gasteiger partial charge in [-0.25, -0.2) is 0 Å². The normalized spacial score (nSPS) is 11.5. The molecule has 0 unspecified atom stereocenters. The summed E-state index contributed by atoms with van der Waals surface area (Å²) in [5.41, 5.74) is 4.84. The van der Waals surface area contributed by atoms with Gasteiger partial charge in [0.05, 0.1) is 5.56 Å². The number of ketones is 1. The summed E-state index contributed by atoms with van der Waals surface area (Å²) < 4.78 is 37.0. The molecule has 1 rings (SSSR count). The zero-order chi connectivity index (χ0) is 11.8. The molecule has 0 atom stereocenters. The Morgan fingerprint density at radius 3 is 2.20 bits per heavy atom. The van der Waals surface area contributed by atoms with E-state index in [-0.39, 0.29) is 22.6 Å². The second kappa shape index (κ2) is 3.56. The molecule has 5 heteroatoms. The number of halogens is 3. The molecule has 0 radical (unpaired) electrons. The molecule has 15 heavy (non-hydrogen) atoms. The number of rotatable bonds is 1. The van der Waals surface area contributed by atoms with Gasteiger partial charge in [-0.05, 0) is 31.5 Å². The standard InChI is InChI=1S/C10H10F3NO/c1-5-3-7(10(11,12)13)4-8(14)9(5)6(2)15/h3-4H,14H2,1-2H3. The molecule has 0 aliphatic carbocycles. The summed E-state index contributed by atoms with van der Waals surface area (Å²) in [4.78, 5) is 11.1. The van der Waals surface area contributed by atoms with E-state index >= 15 is 0 Å². The van der Waals surface area contributed by atoms with Crippen LogP contribution in [0.25, 0.3) is 0 Å². The summed E-state index contributed by atoms with van der Waals surface area (Å²) in [6, 6.07) is 1.71. The van der Waals surface area contributed by atoms with Gasteiger partial charge in [0.25, 0.3) is 0 Å². The topological polar surface area (TPSA) is 43.1 Å². The molecule has 0 saturated heterocycles. The van der Waals surface area contributed by atoms with Gasteiger partial charge in [-0.2, -0.15) is 13.2 Å². The van der Waals surface area contributed by atoms with Crippen LogP contribution < -0.4 is 5.73 Å². The minimum absolute atomic E-state index is 0.130. The van der Waals surface area contributed by atoms with E-state index in [4.69, 9.17) is 5.73 Å². The van der Waals surface area contributed by atoms with Crippen LogP contribution in [0.3, 0.4) is 0 Å². The highest BCUT2D eigenvalue weighted by atomic mass is 19.4. The van der Waals surface area contributed by atoms with E-state index in [1.54, 1.807) is 0 Å². The number of nitrogen functional groups attached to an aromatic ring is 1. The van der Waals surface area contributed by atoms with E-state index < -0.39 is 11.7 Å². The van der Waals surface area contributed by atoms with Crippen molar-refractivity contribution in [3.05, 3.63) is 28.8 Å². The lowest BCUT2D eigenvalue weighted by molar-refractivity contribution is -0.137. The number of hydrogen-bond acceptors (Lipinski definition) is 2. The molecule has 0 aromatic heterocycles. The van der Waals surface area contributed by atoms with Gasteiger partial charge in [0, 0.05) is 11.3 Å². The molecule has 0 spiro atoms. The van der Waals surface area contributed by atoms with Crippen molar-refractivity contribution in [2.24, 2.45) is 0 Å². The third-order valence-electron chi connectivity index (χ3n) is 2.05. The van der Waals surface area contributed by atoms with Crippen molar-refractivity contribution in [1.82, 2.24) is 0 Å². The monoisotopic (exact) mass is 217 g/mol. The SMILES string of the molecule is CC(=O)c1c(C)cc(C(F)(F)F)cc1N. The van der Waals surface area contributed by atoms with Crippen LogP contribution in [-0.4, -0.2) is 5.78 Å². The zero-order valence-electron chi connectivity index (χ0n) is 8.27. The average Bonchev–Trinajstić information content (AvgIpc) is 1.99. The van der Waals surface area contributed by atoms with Gasteiger partial charge in [-0.3, -0.25) is 4.79 Å². The number of carbonyl (C=O) groups excluding carboxylic acids is 1. The van der Waals surface area contributed by atoms with Crippen molar-refractivity contribution in [1.29, 1.82) is 0 Å². The first-order valence-corrected chi connectivity index (χ1v) is 4.21. The average molecular weight is 217 g/mol. The lowest BCUT2D eigenvalue weighted by Gasteiger charge is -2.12. The zero-order valence-corrected chi connectivity index (χ0v) is 8.27. The van der Waals surface area contributed by atoms with E-state index in [9.17, 15) is 18.0 Å². The van der Waals surface area contributed by atoms with E-state index in [0.717, 1.165) is 12.1 Å². The Hall–Kier alpha value is -1.52. The molecule has 0 aliphatic heterocycles. The van der Waals surface area contributed by atoms with Crippen LogP contribution in [0, 0.1) is 6.92 Å². The van der Waals surface area contributed by atoms with Crippen LogP contribution in [0.15, 0.2) is 12.1 Å². The highest BCUT2D eigenvalue weighted by Gasteiger charge is 2.31. The molecule has 2 nitrogen and oxygen atoms in total. The maximum atomic E-state index is 12.3. The summed E-state index contributed by atoms with van der Waals surface area (Å²) >= 11 is 0. The molecule has 1 aromatic rings. The van der Waals surface area contributed by atoms with Crippen molar-refractivity contribution in [2.45, 2.75) is 20.0 Å². The number of anilines is 1. The molecule has 0 aliphatic rings. The number of hydrogen-bond donors (Lipinski definition) is 1. The quantitative estimate of drug-likeness (QED) is 0.580. The predicted molar refractivity (Wildman–Crippen MR) is 50.6 cm³/mol. The van der Waals surface area contributed by atoms with E-state index in [1.165, 1.54) is 13.8 Å². The fraction of sp³-hybridized carbons (Fsp3) is 0.300. The van der Waals surface area contributed by atoms with Crippen LogP contribution in [0.2, 0.25) is 0 Å². The molecule has 0 amide bonds. The number of benzene rings is 1. The van der Waals surface area contributed by atoms with Crippen molar-refractivity contribution in [2.75, 3.05) is 5.73 Å². The lowest BCUT2D eigenvalue weighted by Crippen LogP contribution is -2.10. The maximum Gasteiger partial charge on any atom is 0.416 e. The molecule has 0 heterocycles. The molecular formula is C10H10F3NO. The molecular weight excluding hydrogens is 207 g/mol. The number of alkyl halides is 3. The molecule has 82 valence electrons. The third-order valence-corrected chi connectivity index (χ3v) is 2.05. The summed E-state index contributed by atoms with van der Waals surface area (Å²) in [7, 11) is 0. The lowest BCUT2D eigenvalue weighted by atomic mass is 10.00. The van der Waals surface area contributed by atoms with Crippen LogP contribution in [0.5, 0.6) is 0 Å². The van der Waals surface area contributed by atoms with Crippen LogP contribution in [-0.2, 0) is 6.18 Å². The van der Waals surface area contributed by atoms with E-state index in [0.29, 0.717) is 0 Å². The highest BCUT2D eigenvalue weighted by molar-refractivity contribution is 6.00. The maximum absolute atomic E-state index is 12.3. The molecule has 2 N–H and O–H groups in total. The second-order valence-corrected chi connectivity index (χ2v) is 3.31. The minimum atomic E-state index is -4.44. The first-order valence-electron chi connectivity index (χ1n) is 4.21. The Morgan fingerprint density at radius 1 is 1.33 bits per heavy atom. The van der Waals surface area contributed by atoms with Crippen molar-refractivity contribution >= 4 is 11.5 Å². The molecule has 0 saturated carbocycles. The van der Waals surface area contributed by atoms with Crippen LogP contribution in [0.4, 0.5) is 18.9 Å². The smallest absolute Gasteiger partial charge is 0.398 e. The summed E-state index contributed by atoms with van der Waals surface area (Å²) in [5.74, 6) is -0.335. The molecule has 1 aromatic carbocycles. The number of nitrogens with two attached hydrogens (primary N) is 1. The summed E-state index contributed by atoms with van der Waals surface area (Å²) in [5, 5.41) is 0. The summed E-state index contributed by atoms with van der Waals surface area (Å²) in [6.07, 6.45) is -4.44. The van der Waals surface area contributed by atoms with Gasteiger partial charge >= 0.3 is 6.18 Å². The van der Waals surface area contributed by atoms with Gasteiger partial charge in [0.15, 0.2) is 5.78 Å². The Morgan fingerprint density at radius 2 is 1.87 bits per heavy atom. The van der Waals surface area contributed by atoms with Crippen molar-refractivity contribution in [3.63, 3.8) is 0 Å². The third kappa shape index (κ3) is 2.29. The number of aryl methyl sites for hydroxylation is 1. The molecule has 0 bridgehead atoms. The van der Waals surface area contributed by atoms with Crippen molar-refractivity contribution < 1.29 is 18.0 Å². The largest absolute Gasteiger partial charge is 0.416 e. The minimum Gasteiger partial charge on any atom is -0.398 e. The first-order chi connectivity index (χ1) is 6.73. The van der Waals surface area contributed by atoms with Crippen molar-refractivity contribution in [3.8, 4) is 0 Å². The number of Topliss-reactive ketones (excluding diaryl/α,β-unsaturated/α-hetero) is 1. The van der Waals surface area contributed by atoms with Gasteiger partial charge in [0.2, 0.25) is 0 Å². The fourth-order valence-electron chi connectivity index (χ4n) is 1.46. The predicted octanol–water partition coefficient (Wildman–Crippen LogP) is 2.80. The molecule has 0 fully saturated rings. The Balaban J connectivity index is 3.39. The van der Waals surface area contributed by atoms with Gasteiger partial charge < -0.3 is 5.73 Å². The van der Waals surface area contributed by atoms with E-state index in [2.05, 4.69) is 0 Å². The van der Waals surface area contributed by atoms with Gasteiger partial charge in [-0.15, -0.1) is 0 Å².